The summed E-state index contributed by atoms with van der Waals surface area (Å²) in [4.78, 5) is 4.45. The molecule has 0 saturated carbocycles. The van der Waals surface area contributed by atoms with E-state index in [1.165, 1.54) is 0 Å². The molecule has 0 spiro atoms. The zero-order valence-electron chi connectivity index (χ0n) is 12.0. The van der Waals surface area contributed by atoms with Gasteiger partial charge in [-0.15, -0.1) is 0 Å². The highest BCUT2D eigenvalue weighted by molar-refractivity contribution is 5.79. The molecule has 4 heteroatoms. The molecule has 1 aromatic heterocycles. The predicted octanol–water partition coefficient (Wildman–Crippen LogP) is 2.63. The molecule has 1 atom stereocenters. The second kappa shape index (κ2) is 7.33. The Kier molecular flexibility index (Phi) is 5.47. The number of pyridine rings is 1. The molecule has 1 heterocycles. The number of benzene rings is 1. The van der Waals surface area contributed by atoms with Gasteiger partial charge in [-0.25, -0.2) is 0 Å². The lowest BCUT2D eigenvalue weighted by Gasteiger charge is -2.12. The molecular weight excluding hydrogens is 254 g/mol. The van der Waals surface area contributed by atoms with E-state index < -0.39 is 6.10 Å². The zero-order valence-corrected chi connectivity index (χ0v) is 12.0. The Hall–Kier alpha value is -1.49. The molecule has 0 saturated heterocycles. The molecule has 20 heavy (non-hydrogen) atoms. The maximum atomic E-state index is 10.2. The topological polar surface area (TPSA) is 51.6 Å². The fraction of sp³-hybridized carbons (Fsp3) is 0.438. The first-order chi connectivity index (χ1) is 9.70. The summed E-state index contributed by atoms with van der Waals surface area (Å²) in [6, 6.07) is 9.87. The van der Waals surface area contributed by atoms with Gasteiger partial charge in [0.1, 0.15) is 0 Å². The molecule has 4 nitrogen and oxygen atoms in total. The number of nitrogens with zero attached hydrogens (tertiary/aromatic N) is 1. The van der Waals surface area contributed by atoms with Crippen LogP contribution in [0.15, 0.2) is 30.3 Å². The molecule has 1 unspecified atom stereocenters. The summed E-state index contributed by atoms with van der Waals surface area (Å²) in [5.74, 6) is 0. The lowest BCUT2D eigenvalue weighted by atomic mass is 10.0. The Morgan fingerprint density at radius 1 is 1.15 bits per heavy atom. The van der Waals surface area contributed by atoms with Crippen LogP contribution in [0.4, 0.5) is 0 Å². The summed E-state index contributed by atoms with van der Waals surface area (Å²) in [7, 11) is 1.64. The molecule has 0 aliphatic carbocycles. The van der Waals surface area contributed by atoms with Crippen molar-refractivity contribution in [1.29, 1.82) is 0 Å². The number of fused-ring (bicyclic) bond motifs is 1. The molecule has 1 aromatic carbocycles. The lowest BCUT2D eigenvalue weighted by Crippen LogP contribution is -2.07. The van der Waals surface area contributed by atoms with E-state index in [0.29, 0.717) is 26.2 Å². The molecule has 1 N–H and O–H groups in total. The van der Waals surface area contributed by atoms with Gasteiger partial charge in [-0.3, -0.25) is 4.98 Å². The molecule has 0 bridgehead atoms. The van der Waals surface area contributed by atoms with E-state index in [1.54, 1.807) is 7.11 Å². The Morgan fingerprint density at radius 2 is 2.00 bits per heavy atom. The normalized spacial score (nSPS) is 12.8. The van der Waals surface area contributed by atoms with Crippen molar-refractivity contribution >= 4 is 10.9 Å². The fourth-order valence-electron chi connectivity index (χ4n) is 2.06. The summed E-state index contributed by atoms with van der Waals surface area (Å²) >= 11 is 0. The van der Waals surface area contributed by atoms with Gasteiger partial charge in [0.15, 0.2) is 0 Å². The molecule has 108 valence electrons. The number of hydrogen-bond donors (Lipinski definition) is 1. The Labute approximate surface area is 119 Å². The van der Waals surface area contributed by atoms with Gasteiger partial charge in [0.2, 0.25) is 0 Å². The third kappa shape index (κ3) is 4.00. The molecule has 0 amide bonds. The maximum Gasteiger partial charge on any atom is 0.0812 e. The van der Waals surface area contributed by atoms with Gasteiger partial charge >= 0.3 is 0 Å². The Bertz CT molecular complexity index is 556. The summed E-state index contributed by atoms with van der Waals surface area (Å²) in [6.45, 7) is 3.63. The number of aryl methyl sites for hydroxylation is 1. The van der Waals surface area contributed by atoms with Crippen LogP contribution in [0.2, 0.25) is 0 Å². The highest BCUT2D eigenvalue weighted by Crippen LogP contribution is 2.21. The van der Waals surface area contributed by atoms with E-state index in [9.17, 15) is 5.11 Å². The van der Waals surface area contributed by atoms with Crippen LogP contribution in [-0.2, 0) is 9.47 Å². The van der Waals surface area contributed by atoms with E-state index in [0.717, 1.165) is 22.2 Å². The molecule has 0 radical (unpaired) electrons. The first-order valence-electron chi connectivity index (χ1n) is 6.83. The average molecular weight is 275 g/mol. The van der Waals surface area contributed by atoms with Gasteiger partial charge in [0.25, 0.3) is 0 Å². The smallest absolute Gasteiger partial charge is 0.0812 e. The van der Waals surface area contributed by atoms with Crippen LogP contribution in [0, 0.1) is 6.92 Å². The highest BCUT2D eigenvalue weighted by Gasteiger charge is 2.08. The van der Waals surface area contributed by atoms with E-state index in [1.807, 2.05) is 37.3 Å². The molecular formula is C16H21NO3. The Morgan fingerprint density at radius 3 is 2.80 bits per heavy atom. The van der Waals surface area contributed by atoms with Crippen LogP contribution in [0.1, 0.15) is 23.8 Å². The summed E-state index contributed by atoms with van der Waals surface area (Å²) < 4.78 is 10.3. The lowest BCUT2D eigenvalue weighted by molar-refractivity contribution is 0.0476. The molecule has 0 aliphatic rings. The minimum Gasteiger partial charge on any atom is -0.388 e. The van der Waals surface area contributed by atoms with Crippen LogP contribution in [0.5, 0.6) is 0 Å². The predicted molar refractivity (Wildman–Crippen MR) is 78.8 cm³/mol. The third-order valence-electron chi connectivity index (χ3n) is 3.20. The minimum absolute atomic E-state index is 0.511. The van der Waals surface area contributed by atoms with Gasteiger partial charge in [-0.05, 0) is 30.7 Å². The first kappa shape index (κ1) is 14.9. The number of rotatable bonds is 7. The van der Waals surface area contributed by atoms with Crippen LogP contribution >= 0.6 is 0 Å². The SMILES string of the molecule is COCCOCCC(O)c1ccc2nc(C)ccc2c1. The fourth-order valence-corrected chi connectivity index (χ4v) is 2.06. The van der Waals surface area contributed by atoms with Gasteiger partial charge < -0.3 is 14.6 Å². The number of hydrogen-bond acceptors (Lipinski definition) is 4. The number of aromatic nitrogens is 1. The second-order valence-electron chi connectivity index (χ2n) is 4.81. The van der Waals surface area contributed by atoms with Crippen molar-refractivity contribution in [3.8, 4) is 0 Å². The van der Waals surface area contributed by atoms with Gasteiger partial charge in [0, 0.05) is 31.2 Å². The van der Waals surface area contributed by atoms with Crippen LogP contribution in [0.25, 0.3) is 10.9 Å². The molecule has 0 fully saturated rings. The first-order valence-corrected chi connectivity index (χ1v) is 6.83. The van der Waals surface area contributed by atoms with Crippen molar-refractivity contribution in [3.63, 3.8) is 0 Å². The molecule has 2 aromatic rings. The monoisotopic (exact) mass is 275 g/mol. The van der Waals surface area contributed by atoms with E-state index in [-0.39, 0.29) is 0 Å². The maximum absolute atomic E-state index is 10.2. The van der Waals surface area contributed by atoms with Crippen molar-refractivity contribution in [2.24, 2.45) is 0 Å². The summed E-state index contributed by atoms with van der Waals surface area (Å²) in [5.41, 5.74) is 2.85. The number of aliphatic hydroxyl groups is 1. The largest absolute Gasteiger partial charge is 0.388 e. The summed E-state index contributed by atoms with van der Waals surface area (Å²) in [6.07, 6.45) is 0.0670. The number of ether oxygens (including phenoxy) is 2. The van der Waals surface area contributed by atoms with Crippen molar-refractivity contribution in [2.75, 3.05) is 26.9 Å². The minimum atomic E-state index is -0.511. The highest BCUT2D eigenvalue weighted by atomic mass is 16.5. The quantitative estimate of drug-likeness (QED) is 0.789. The van der Waals surface area contributed by atoms with Gasteiger partial charge in [-0.1, -0.05) is 12.1 Å². The van der Waals surface area contributed by atoms with Crippen LogP contribution < -0.4 is 0 Å². The second-order valence-corrected chi connectivity index (χ2v) is 4.81. The average Bonchev–Trinajstić information content (AvgIpc) is 2.46. The summed E-state index contributed by atoms with van der Waals surface area (Å²) in [5, 5.41) is 11.2. The van der Waals surface area contributed by atoms with Gasteiger partial charge in [0.05, 0.1) is 24.8 Å². The molecule has 0 aliphatic heterocycles. The van der Waals surface area contributed by atoms with Gasteiger partial charge in [-0.2, -0.15) is 0 Å². The van der Waals surface area contributed by atoms with Crippen molar-refractivity contribution in [1.82, 2.24) is 4.98 Å². The molecule has 2 rings (SSSR count). The number of aliphatic hydroxyl groups excluding tert-OH is 1. The van der Waals surface area contributed by atoms with Crippen LogP contribution in [0.3, 0.4) is 0 Å². The third-order valence-corrected chi connectivity index (χ3v) is 3.20. The van der Waals surface area contributed by atoms with Crippen LogP contribution in [-0.4, -0.2) is 37.0 Å². The van der Waals surface area contributed by atoms with Crippen molar-refractivity contribution in [2.45, 2.75) is 19.4 Å². The Balaban J connectivity index is 1.96. The van der Waals surface area contributed by atoms with Crippen molar-refractivity contribution < 1.29 is 14.6 Å². The van der Waals surface area contributed by atoms with E-state index in [2.05, 4.69) is 4.98 Å². The zero-order chi connectivity index (χ0) is 14.4. The number of methoxy groups -OCH3 is 1. The van der Waals surface area contributed by atoms with E-state index >= 15 is 0 Å². The van der Waals surface area contributed by atoms with Crippen molar-refractivity contribution in [3.05, 3.63) is 41.6 Å². The standard InChI is InChI=1S/C16H21NO3/c1-12-3-4-13-11-14(5-6-15(13)17-12)16(18)7-8-20-10-9-19-2/h3-6,11,16,18H,7-10H2,1-2H3. The van der Waals surface area contributed by atoms with E-state index in [4.69, 9.17) is 9.47 Å².